The van der Waals surface area contributed by atoms with Gasteiger partial charge in [-0.1, -0.05) is 19.8 Å². The number of sulfonamides is 1. The topological polar surface area (TPSA) is 79.6 Å². The van der Waals surface area contributed by atoms with Crippen molar-refractivity contribution >= 4 is 33.4 Å². The summed E-state index contributed by atoms with van der Waals surface area (Å²) in [4.78, 5) is 13.2. The van der Waals surface area contributed by atoms with Crippen molar-refractivity contribution in [1.29, 1.82) is 0 Å². The van der Waals surface area contributed by atoms with Crippen molar-refractivity contribution in [3.8, 4) is 0 Å². The summed E-state index contributed by atoms with van der Waals surface area (Å²) in [6.07, 6.45) is 5.75. The largest absolute Gasteiger partial charge is 0.468 e. The van der Waals surface area contributed by atoms with Gasteiger partial charge in [-0.15, -0.1) is 11.8 Å². The first kappa shape index (κ1) is 19.5. The van der Waals surface area contributed by atoms with Crippen molar-refractivity contribution < 1.29 is 17.6 Å². The first-order valence-electron chi connectivity index (χ1n) is 9.58. The van der Waals surface area contributed by atoms with E-state index in [1.165, 1.54) is 0 Å². The van der Waals surface area contributed by atoms with Gasteiger partial charge in [0.2, 0.25) is 15.9 Å². The standard InChI is InChI=1S/C20H24N2O4S2/c1-14-11-20(23)21-18-12-17(8-9-19(18)27-14)28(24,25)22(15-5-2-3-6-15)13-16-7-4-10-26-16/h4,7-10,12,14-15H,2-3,5-6,11,13H2,1H3,(H,21,23)/t14-/m0/s1. The number of fused-ring (bicyclic) bond motifs is 1. The van der Waals surface area contributed by atoms with Crippen molar-refractivity contribution in [3.05, 3.63) is 42.4 Å². The van der Waals surface area contributed by atoms with Gasteiger partial charge in [0, 0.05) is 22.6 Å². The summed E-state index contributed by atoms with van der Waals surface area (Å²) in [5.74, 6) is 0.541. The lowest BCUT2D eigenvalue weighted by Gasteiger charge is -2.27. The summed E-state index contributed by atoms with van der Waals surface area (Å²) in [7, 11) is -3.72. The van der Waals surface area contributed by atoms with Gasteiger partial charge < -0.3 is 9.73 Å². The zero-order valence-electron chi connectivity index (χ0n) is 15.8. The van der Waals surface area contributed by atoms with Crippen molar-refractivity contribution in [2.24, 2.45) is 0 Å². The normalized spacial score (nSPS) is 20.8. The fourth-order valence-electron chi connectivity index (χ4n) is 3.88. The quantitative estimate of drug-likeness (QED) is 0.783. The number of hydrogen-bond donors (Lipinski definition) is 1. The highest BCUT2D eigenvalue weighted by Crippen LogP contribution is 2.38. The Labute approximate surface area is 169 Å². The molecule has 1 atom stereocenters. The number of carbonyl (C=O) groups excluding carboxylic acids is 1. The van der Waals surface area contributed by atoms with Crippen LogP contribution in [0.5, 0.6) is 0 Å². The van der Waals surface area contributed by atoms with Crippen molar-refractivity contribution in [1.82, 2.24) is 4.31 Å². The Morgan fingerprint density at radius 1 is 1.25 bits per heavy atom. The highest BCUT2D eigenvalue weighted by molar-refractivity contribution is 8.00. The van der Waals surface area contributed by atoms with Crippen LogP contribution in [0, 0.1) is 0 Å². The summed E-state index contributed by atoms with van der Waals surface area (Å²) in [6, 6.07) is 8.58. The smallest absolute Gasteiger partial charge is 0.243 e. The van der Waals surface area contributed by atoms with Crippen LogP contribution < -0.4 is 5.32 Å². The minimum Gasteiger partial charge on any atom is -0.468 e. The van der Waals surface area contributed by atoms with E-state index in [2.05, 4.69) is 5.32 Å². The second-order valence-electron chi connectivity index (χ2n) is 7.41. The average molecular weight is 421 g/mol. The first-order valence-corrected chi connectivity index (χ1v) is 11.9. The number of furan rings is 1. The second-order valence-corrected chi connectivity index (χ2v) is 10.8. The van der Waals surface area contributed by atoms with Crippen LogP contribution in [-0.4, -0.2) is 29.9 Å². The van der Waals surface area contributed by atoms with Gasteiger partial charge in [0.05, 0.1) is 23.4 Å². The van der Waals surface area contributed by atoms with E-state index in [4.69, 9.17) is 4.42 Å². The fraction of sp³-hybridized carbons (Fsp3) is 0.450. The molecule has 28 heavy (non-hydrogen) atoms. The molecule has 150 valence electrons. The molecule has 1 aromatic heterocycles. The van der Waals surface area contributed by atoms with E-state index >= 15 is 0 Å². The maximum Gasteiger partial charge on any atom is 0.243 e. The molecule has 0 saturated heterocycles. The van der Waals surface area contributed by atoms with Gasteiger partial charge in [-0.2, -0.15) is 4.31 Å². The Morgan fingerprint density at radius 3 is 2.75 bits per heavy atom. The fourth-order valence-corrected chi connectivity index (χ4v) is 6.61. The van der Waals surface area contributed by atoms with Crippen LogP contribution in [0.15, 0.2) is 50.8 Å². The van der Waals surface area contributed by atoms with Crippen LogP contribution in [0.25, 0.3) is 0 Å². The molecule has 1 saturated carbocycles. The number of nitrogens with one attached hydrogen (secondary N) is 1. The molecule has 2 aromatic rings. The summed E-state index contributed by atoms with van der Waals surface area (Å²) >= 11 is 1.59. The molecular weight excluding hydrogens is 396 g/mol. The van der Waals surface area contributed by atoms with Crippen LogP contribution >= 0.6 is 11.8 Å². The maximum atomic E-state index is 13.5. The minimum atomic E-state index is -3.72. The third kappa shape index (κ3) is 3.99. The molecule has 0 bridgehead atoms. The highest BCUT2D eigenvalue weighted by Gasteiger charge is 2.34. The molecule has 1 N–H and O–H groups in total. The predicted molar refractivity (Wildman–Crippen MR) is 109 cm³/mol. The summed E-state index contributed by atoms with van der Waals surface area (Å²) in [5.41, 5.74) is 0.574. The number of carbonyl (C=O) groups is 1. The van der Waals surface area contributed by atoms with Crippen LogP contribution in [0.3, 0.4) is 0 Å². The molecule has 1 aliphatic carbocycles. The van der Waals surface area contributed by atoms with E-state index in [1.54, 1.807) is 52.7 Å². The molecule has 8 heteroatoms. The monoisotopic (exact) mass is 420 g/mol. The number of thioether (sulfide) groups is 1. The molecule has 0 spiro atoms. The van der Waals surface area contributed by atoms with Gasteiger partial charge in [0.15, 0.2) is 0 Å². The number of rotatable bonds is 5. The zero-order chi connectivity index (χ0) is 19.7. The zero-order valence-corrected chi connectivity index (χ0v) is 17.4. The second kappa shape index (κ2) is 7.93. The molecule has 1 fully saturated rings. The molecule has 1 aliphatic heterocycles. The van der Waals surface area contributed by atoms with Crippen molar-refractivity contribution in [2.75, 3.05) is 5.32 Å². The van der Waals surface area contributed by atoms with E-state index in [0.717, 1.165) is 30.6 Å². The molecular formula is C20H24N2O4S2. The van der Waals surface area contributed by atoms with Gasteiger partial charge in [-0.25, -0.2) is 8.42 Å². The Kier molecular flexibility index (Phi) is 5.53. The molecule has 2 aliphatic rings. The Hall–Kier alpha value is -1.77. The van der Waals surface area contributed by atoms with Gasteiger partial charge >= 0.3 is 0 Å². The SMILES string of the molecule is C[C@H]1CC(=O)Nc2cc(S(=O)(=O)N(Cc3ccco3)C3CCCC3)ccc2S1. The van der Waals surface area contributed by atoms with Crippen molar-refractivity contribution in [2.45, 2.75) is 66.7 Å². The van der Waals surface area contributed by atoms with E-state index in [-0.39, 0.29) is 28.6 Å². The predicted octanol–water partition coefficient (Wildman–Crippen LogP) is 4.24. The van der Waals surface area contributed by atoms with E-state index in [9.17, 15) is 13.2 Å². The molecule has 1 amide bonds. The van der Waals surface area contributed by atoms with Gasteiger partial charge in [-0.3, -0.25) is 4.79 Å². The van der Waals surface area contributed by atoms with Crippen LogP contribution in [0.1, 0.15) is 44.8 Å². The van der Waals surface area contributed by atoms with Crippen LogP contribution in [0.4, 0.5) is 5.69 Å². The van der Waals surface area contributed by atoms with Crippen molar-refractivity contribution in [3.63, 3.8) is 0 Å². The highest BCUT2D eigenvalue weighted by atomic mass is 32.2. The van der Waals surface area contributed by atoms with Crippen LogP contribution in [-0.2, 0) is 21.4 Å². The van der Waals surface area contributed by atoms with Gasteiger partial charge in [0.1, 0.15) is 5.76 Å². The molecule has 0 radical (unpaired) electrons. The summed E-state index contributed by atoms with van der Waals surface area (Å²) < 4.78 is 34.0. The Balaban J connectivity index is 1.69. The van der Waals surface area contributed by atoms with Gasteiger partial charge in [0.25, 0.3) is 0 Å². The first-order chi connectivity index (χ1) is 13.4. The number of amides is 1. The summed E-state index contributed by atoms with van der Waals surface area (Å²) in [6.45, 7) is 2.21. The molecule has 6 nitrogen and oxygen atoms in total. The average Bonchev–Trinajstić information content (AvgIpc) is 3.31. The van der Waals surface area contributed by atoms with E-state index in [1.807, 2.05) is 6.92 Å². The lowest BCUT2D eigenvalue weighted by Crippen LogP contribution is -2.38. The third-order valence-electron chi connectivity index (χ3n) is 5.26. The lowest BCUT2D eigenvalue weighted by molar-refractivity contribution is -0.116. The third-order valence-corrected chi connectivity index (χ3v) is 8.33. The number of benzene rings is 1. The Bertz CT molecular complexity index is 951. The maximum absolute atomic E-state index is 13.5. The number of hydrogen-bond acceptors (Lipinski definition) is 5. The number of nitrogens with zero attached hydrogens (tertiary/aromatic N) is 1. The lowest BCUT2D eigenvalue weighted by atomic mass is 10.2. The van der Waals surface area contributed by atoms with Gasteiger partial charge in [-0.05, 0) is 43.2 Å². The van der Waals surface area contributed by atoms with E-state index in [0.29, 0.717) is 17.9 Å². The van der Waals surface area contributed by atoms with Crippen LogP contribution in [0.2, 0.25) is 0 Å². The molecule has 2 heterocycles. The minimum absolute atomic E-state index is 0.0297. The molecule has 0 unspecified atom stereocenters. The van der Waals surface area contributed by atoms with E-state index < -0.39 is 10.0 Å². The Morgan fingerprint density at radius 2 is 2.04 bits per heavy atom. The molecule has 1 aromatic carbocycles. The summed E-state index contributed by atoms with van der Waals surface area (Å²) in [5, 5.41) is 3.01. The molecule has 4 rings (SSSR count). The number of anilines is 1.